The largest absolute Gasteiger partial charge is 0.452 e. The molecule has 0 aromatic carbocycles. The Morgan fingerprint density at radius 1 is 1.44 bits per heavy atom. The van der Waals surface area contributed by atoms with Gasteiger partial charge in [-0.1, -0.05) is 6.92 Å². The molecule has 0 aliphatic carbocycles. The predicted octanol–water partition coefficient (Wildman–Crippen LogP) is 2.72. The van der Waals surface area contributed by atoms with Gasteiger partial charge in [0.2, 0.25) is 16.8 Å². The van der Waals surface area contributed by atoms with Gasteiger partial charge in [-0.05, 0) is 0 Å². The third-order valence-electron chi connectivity index (χ3n) is 2.02. The van der Waals surface area contributed by atoms with Crippen molar-refractivity contribution in [3.63, 3.8) is 0 Å². The number of nitrogens with one attached hydrogen (secondary N) is 1. The molecule has 0 amide bonds. The topological polar surface area (TPSA) is 63.8 Å². The predicted molar refractivity (Wildman–Crippen MR) is 58.1 cm³/mol. The lowest BCUT2D eigenvalue weighted by Crippen LogP contribution is -2.07. The summed E-state index contributed by atoms with van der Waals surface area (Å²) in [6, 6.07) is 0. The van der Waals surface area contributed by atoms with Gasteiger partial charge in [-0.3, -0.25) is 0 Å². The lowest BCUT2D eigenvalue weighted by Gasteiger charge is -1.99. The molecule has 0 atom stereocenters. The van der Waals surface area contributed by atoms with Crippen molar-refractivity contribution in [2.75, 3.05) is 5.32 Å². The summed E-state index contributed by atoms with van der Waals surface area (Å²) < 4.78 is 45.2. The van der Waals surface area contributed by atoms with Crippen LogP contribution in [0.25, 0.3) is 0 Å². The van der Waals surface area contributed by atoms with Gasteiger partial charge in [-0.2, -0.15) is 22.5 Å². The van der Waals surface area contributed by atoms with Crippen LogP contribution >= 0.6 is 11.5 Å². The Bertz CT molecular complexity index is 522. The standard InChI is InChI=1S/C9H9F3N4OS/c1-2-5-3-13-6(17-5)4-14-8-15-7(16-18-8)9(10,11)12/h3H,2,4H2,1H3,(H,14,15,16). The van der Waals surface area contributed by atoms with E-state index in [1.165, 1.54) is 0 Å². The van der Waals surface area contributed by atoms with E-state index in [2.05, 4.69) is 19.7 Å². The lowest BCUT2D eigenvalue weighted by atomic mass is 10.4. The fourth-order valence-electron chi connectivity index (χ4n) is 1.15. The maximum Gasteiger partial charge on any atom is 0.452 e. The number of hydrogen-bond acceptors (Lipinski definition) is 6. The zero-order valence-electron chi connectivity index (χ0n) is 9.28. The maximum absolute atomic E-state index is 12.2. The van der Waals surface area contributed by atoms with Crippen LogP contribution in [0, 0.1) is 0 Å². The number of hydrogen-bond donors (Lipinski definition) is 1. The number of alkyl halides is 3. The van der Waals surface area contributed by atoms with Crippen LogP contribution in [0.1, 0.15) is 24.4 Å². The van der Waals surface area contributed by atoms with Crippen molar-refractivity contribution in [3.8, 4) is 0 Å². The SMILES string of the molecule is CCc1cnc(CNc2nc(C(F)(F)F)ns2)o1. The van der Waals surface area contributed by atoms with Gasteiger partial charge in [0.25, 0.3) is 0 Å². The zero-order valence-corrected chi connectivity index (χ0v) is 10.1. The average Bonchev–Trinajstić information content (AvgIpc) is 2.94. The molecule has 0 bridgehead atoms. The summed E-state index contributed by atoms with van der Waals surface area (Å²) in [4.78, 5) is 7.29. The Kier molecular flexibility index (Phi) is 3.50. The van der Waals surface area contributed by atoms with Crippen molar-refractivity contribution in [2.45, 2.75) is 26.1 Å². The average molecular weight is 278 g/mol. The highest BCUT2D eigenvalue weighted by Gasteiger charge is 2.36. The second-order valence-corrected chi connectivity index (χ2v) is 4.10. The van der Waals surface area contributed by atoms with Crippen molar-refractivity contribution in [1.29, 1.82) is 0 Å². The number of halogens is 3. The third kappa shape index (κ3) is 2.97. The smallest absolute Gasteiger partial charge is 0.444 e. The highest BCUT2D eigenvalue weighted by Crippen LogP contribution is 2.28. The molecule has 98 valence electrons. The van der Waals surface area contributed by atoms with Gasteiger partial charge >= 0.3 is 6.18 Å². The van der Waals surface area contributed by atoms with Crippen molar-refractivity contribution in [3.05, 3.63) is 23.7 Å². The molecule has 2 heterocycles. The summed E-state index contributed by atoms with van der Waals surface area (Å²) in [5.74, 6) is -0.0210. The number of anilines is 1. The maximum atomic E-state index is 12.2. The first-order chi connectivity index (χ1) is 8.49. The molecule has 1 N–H and O–H groups in total. The van der Waals surface area contributed by atoms with Crippen LogP contribution in [0.2, 0.25) is 0 Å². The molecular weight excluding hydrogens is 269 g/mol. The molecule has 0 radical (unpaired) electrons. The van der Waals surface area contributed by atoms with E-state index in [4.69, 9.17) is 4.42 Å². The van der Waals surface area contributed by atoms with Crippen LogP contribution in [0.15, 0.2) is 10.6 Å². The van der Waals surface area contributed by atoms with Gasteiger partial charge in [0, 0.05) is 18.0 Å². The summed E-state index contributed by atoms with van der Waals surface area (Å²) >= 11 is 0.647. The van der Waals surface area contributed by atoms with Crippen LogP contribution in [0.3, 0.4) is 0 Å². The molecule has 2 aromatic rings. The molecule has 2 rings (SSSR count). The first-order valence-electron chi connectivity index (χ1n) is 5.07. The summed E-state index contributed by atoms with van der Waals surface area (Å²) in [7, 11) is 0. The normalized spacial score (nSPS) is 11.8. The Balaban J connectivity index is 1.96. The van der Waals surface area contributed by atoms with E-state index in [0.717, 1.165) is 5.76 Å². The number of oxazole rings is 1. The minimum atomic E-state index is -4.52. The molecule has 0 fully saturated rings. The van der Waals surface area contributed by atoms with Crippen molar-refractivity contribution >= 4 is 16.7 Å². The molecular formula is C9H9F3N4OS. The summed E-state index contributed by atoms with van der Waals surface area (Å²) in [5.41, 5.74) is 0. The third-order valence-corrected chi connectivity index (χ3v) is 2.69. The van der Waals surface area contributed by atoms with E-state index in [-0.39, 0.29) is 11.7 Å². The summed E-state index contributed by atoms with van der Waals surface area (Å²) in [5, 5.41) is 2.76. The molecule has 9 heteroatoms. The highest BCUT2D eigenvalue weighted by atomic mass is 32.1. The Morgan fingerprint density at radius 3 is 2.78 bits per heavy atom. The van der Waals surface area contributed by atoms with Crippen LogP contribution in [0.4, 0.5) is 18.3 Å². The van der Waals surface area contributed by atoms with Crippen LogP contribution in [-0.4, -0.2) is 14.3 Å². The van der Waals surface area contributed by atoms with Crippen molar-refractivity contribution in [1.82, 2.24) is 14.3 Å². The van der Waals surface area contributed by atoms with Gasteiger partial charge in [0.15, 0.2) is 0 Å². The van der Waals surface area contributed by atoms with Crippen molar-refractivity contribution in [2.24, 2.45) is 0 Å². The van der Waals surface area contributed by atoms with Gasteiger partial charge in [0.05, 0.1) is 12.7 Å². The van der Waals surface area contributed by atoms with E-state index in [1.807, 2.05) is 6.92 Å². The summed E-state index contributed by atoms with van der Waals surface area (Å²) in [6.45, 7) is 2.09. The van der Waals surface area contributed by atoms with Crippen LogP contribution in [0.5, 0.6) is 0 Å². The molecule has 0 spiro atoms. The van der Waals surface area contributed by atoms with Gasteiger partial charge in [-0.25, -0.2) is 4.98 Å². The first-order valence-corrected chi connectivity index (χ1v) is 5.84. The first kappa shape index (κ1) is 12.8. The Labute approximate surface area is 104 Å². The molecule has 2 aromatic heterocycles. The van der Waals surface area contributed by atoms with Gasteiger partial charge in [0.1, 0.15) is 5.76 Å². The fourth-order valence-corrected chi connectivity index (χ4v) is 1.74. The zero-order chi connectivity index (χ0) is 13.2. The van der Waals surface area contributed by atoms with Crippen LogP contribution < -0.4 is 5.32 Å². The molecule has 18 heavy (non-hydrogen) atoms. The fraction of sp³-hybridized carbons (Fsp3) is 0.444. The summed E-state index contributed by atoms with van der Waals surface area (Å²) in [6.07, 6.45) is -2.23. The van der Waals surface area contributed by atoms with E-state index in [0.29, 0.717) is 23.8 Å². The molecule has 5 nitrogen and oxygen atoms in total. The number of nitrogens with zero attached hydrogens (tertiary/aromatic N) is 3. The molecule has 0 aliphatic rings. The number of aromatic nitrogens is 3. The Hall–Kier alpha value is -1.64. The van der Waals surface area contributed by atoms with E-state index in [1.54, 1.807) is 6.20 Å². The second-order valence-electron chi connectivity index (χ2n) is 3.35. The quantitative estimate of drug-likeness (QED) is 0.931. The van der Waals surface area contributed by atoms with Gasteiger partial charge in [-0.15, -0.1) is 0 Å². The molecule has 0 aliphatic heterocycles. The monoisotopic (exact) mass is 278 g/mol. The lowest BCUT2D eigenvalue weighted by molar-refractivity contribution is -0.144. The number of aryl methyl sites for hydroxylation is 1. The van der Waals surface area contributed by atoms with Gasteiger partial charge < -0.3 is 9.73 Å². The van der Waals surface area contributed by atoms with E-state index < -0.39 is 12.0 Å². The number of rotatable bonds is 4. The molecule has 0 unspecified atom stereocenters. The highest BCUT2D eigenvalue weighted by molar-refractivity contribution is 7.09. The second kappa shape index (κ2) is 4.92. The van der Waals surface area contributed by atoms with E-state index in [9.17, 15) is 13.2 Å². The minimum Gasteiger partial charge on any atom is -0.444 e. The molecule has 0 saturated carbocycles. The van der Waals surface area contributed by atoms with Crippen LogP contribution in [-0.2, 0) is 19.1 Å². The van der Waals surface area contributed by atoms with Crippen molar-refractivity contribution < 1.29 is 17.6 Å². The minimum absolute atomic E-state index is 0.0820. The Morgan fingerprint density at radius 2 is 2.22 bits per heavy atom. The molecule has 0 saturated heterocycles. The van der Waals surface area contributed by atoms with E-state index >= 15 is 0 Å².